The van der Waals surface area contributed by atoms with Gasteiger partial charge in [0.05, 0.1) is 5.69 Å². The lowest BCUT2D eigenvalue weighted by Gasteiger charge is -2.47. The number of furan rings is 2. The van der Waals surface area contributed by atoms with Gasteiger partial charge in [0, 0.05) is 44.4 Å². The monoisotopic (exact) mass is 895 g/mol. The van der Waals surface area contributed by atoms with Crippen molar-refractivity contribution in [1.82, 2.24) is 0 Å². The van der Waals surface area contributed by atoms with Gasteiger partial charge in [-0.05, 0) is 182 Å². The molecule has 68 heavy (non-hydrogen) atoms. The Morgan fingerprint density at radius 2 is 0.956 bits per heavy atom. The summed E-state index contributed by atoms with van der Waals surface area (Å²) < 4.78 is 14.6. The number of fused-ring (bicyclic) bond motifs is 12. The fourth-order valence-corrected chi connectivity index (χ4v) is 13.9. The van der Waals surface area contributed by atoms with E-state index in [-0.39, 0.29) is 39.2 Å². The maximum Gasteiger partial charge on any atom is 0.257 e. The Labute approximate surface area is 404 Å². The molecule has 5 heteroatoms. The van der Waals surface area contributed by atoms with Crippen LogP contribution in [0.2, 0.25) is 0 Å². The van der Waals surface area contributed by atoms with Gasteiger partial charge in [0.25, 0.3) is 6.71 Å². The van der Waals surface area contributed by atoms with E-state index in [0.717, 1.165) is 76.9 Å². The van der Waals surface area contributed by atoms with E-state index in [1.54, 1.807) is 0 Å². The second-order valence-electron chi connectivity index (χ2n) is 25.8. The SMILES string of the molecule is Cc1cc2c3c(c1)N(c1cccc4c1oc1ccccc14)c1cc4c(cc1B3c1c(oc3cc5c(cc13)C(C)(C)CCC5(C)C)N2c1ccc2c(c1)C(C)(C)CCC2(C)C)C(C)(C)CCC4(C)C. The van der Waals surface area contributed by atoms with Crippen LogP contribution in [0.1, 0.15) is 161 Å². The maximum atomic E-state index is 7.62. The zero-order valence-corrected chi connectivity index (χ0v) is 42.8. The highest BCUT2D eigenvalue weighted by atomic mass is 16.4. The molecule has 13 rings (SSSR count). The lowest BCUT2D eigenvalue weighted by Crippen LogP contribution is -2.61. The van der Waals surface area contributed by atoms with Crippen molar-refractivity contribution >= 4 is 90.3 Å². The summed E-state index contributed by atoms with van der Waals surface area (Å²) in [5, 5.41) is 3.53. The largest absolute Gasteiger partial charge is 0.454 e. The Morgan fingerprint density at radius 3 is 1.62 bits per heavy atom. The van der Waals surface area contributed by atoms with Gasteiger partial charge in [-0.2, -0.15) is 0 Å². The first-order chi connectivity index (χ1) is 32.1. The lowest BCUT2D eigenvalue weighted by atomic mass is 9.33. The van der Waals surface area contributed by atoms with Crippen LogP contribution >= 0.6 is 0 Å². The molecule has 0 N–H and O–H groups in total. The average molecular weight is 895 g/mol. The topological polar surface area (TPSA) is 32.8 Å². The van der Waals surface area contributed by atoms with Crippen LogP contribution in [0, 0.1) is 6.92 Å². The van der Waals surface area contributed by atoms with Crippen molar-refractivity contribution in [2.45, 2.75) is 161 Å². The molecule has 2 aliphatic heterocycles. The summed E-state index contributed by atoms with van der Waals surface area (Å²) in [4.78, 5) is 5.12. The number of anilines is 6. The van der Waals surface area contributed by atoms with Crippen molar-refractivity contribution < 1.29 is 8.83 Å². The molecule has 0 bridgehead atoms. The molecule has 2 aromatic heterocycles. The van der Waals surface area contributed by atoms with Crippen molar-refractivity contribution in [2.24, 2.45) is 0 Å². The van der Waals surface area contributed by atoms with Gasteiger partial charge >= 0.3 is 0 Å². The van der Waals surface area contributed by atoms with Gasteiger partial charge in [-0.15, -0.1) is 0 Å². The summed E-state index contributed by atoms with van der Waals surface area (Å²) in [5.41, 5.74) is 22.9. The predicted octanol–water partition coefficient (Wildman–Crippen LogP) is 15.8. The van der Waals surface area contributed by atoms with E-state index in [4.69, 9.17) is 8.83 Å². The predicted molar refractivity (Wildman–Crippen MR) is 288 cm³/mol. The van der Waals surface area contributed by atoms with Crippen LogP contribution in [0.5, 0.6) is 0 Å². The minimum atomic E-state index is -0.0777. The van der Waals surface area contributed by atoms with Gasteiger partial charge in [0.2, 0.25) is 5.88 Å². The van der Waals surface area contributed by atoms with Crippen molar-refractivity contribution in [3.63, 3.8) is 0 Å². The zero-order valence-electron chi connectivity index (χ0n) is 42.8. The standard InChI is InChI=1S/C63H67BN2O2/c1-36-29-50-55-51(30-36)66(48-19-16-18-39-38-17-14-15-20-52(38)67-56(39)48)49-34-45-44(61(8,9)26-27-62(45,10)11)33-47(49)64(55)54-40-32-43-46(63(12,13)28-25-60(43,6)7)35-53(40)68-57(54)65(50)37-21-22-41-42(31-37)59(4,5)24-23-58(41,2)3/h14-22,29-35H,23-28H2,1-13H3. The second kappa shape index (κ2) is 13.3. The molecule has 3 aliphatic carbocycles. The normalized spacial score (nSPS) is 20.7. The van der Waals surface area contributed by atoms with Gasteiger partial charge in [-0.3, -0.25) is 4.90 Å². The molecule has 4 nitrogen and oxygen atoms in total. The molecule has 5 aliphatic rings. The number of hydrogen-bond donors (Lipinski definition) is 0. The first-order valence-electron chi connectivity index (χ1n) is 25.7. The van der Waals surface area contributed by atoms with Crippen molar-refractivity contribution in [3.05, 3.63) is 136 Å². The quantitative estimate of drug-likeness (QED) is 0.162. The third kappa shape index (κ3) is 5.68. The highest BCUT2D eigenvalue weighted by Crippen LogP contribution is 2.55. The van der Waals surface area contributed by atoms with E-state index in [0.29, 0.717) is 0 Å². The molecule has 0 unspecified atom stereocenters. The molecule has 0 amide bonds. The minimum Gasteiger partial charge on any atom is -0.454 e. The molecular weight excluding hydrogens is 828 g/mol. The Hall–Kier alpha value is -5.68. The number of aryl methyl sites for hydroxylation is 1. The first-order valence-corrected chi connectivity index (χ1v) is 25.7. The number of nitrogens with zero attached hydrogens (tertiary/aromatic N) is 2. The molecule has 0 saturated heterocycles. The highest BCUT2D eigenvalue weighted by Gasteiger charge is 2.50. The van der Waals surface area contributed by atoms with Crippen LogP contribution in [0.15, 0.2) is 106 Å². The third-order valence-electron chi connectivity index (χ3n) is 18.5. The summed E-state index contributed by atoms with van der Waals surface area (Å²) in [5.74, 6) is 0.955. The van der Waals surface area contributed by atoms with Crippen LogP contribution in [-0.2, 0) is 32.5 Å². The van der Waals surface area contributed by atoms with Crippen LogP contribution in [-0.4, -0.2) is 6.71 Å². The van der Waals surface area contributed by atoms with E-state index in [1.807, 2.05) is 0 Å². The van der Waals surface area contributed by atoms with Crippen molar-refractivity contribution in [2.75, 3.05) is 9.80 Å². The molecule has 0 spiro atoms. The fourth-order valence-electron chi connectivity index (χ4n) is 13.9. The number of para-hydroxylation sites is 2. The molecule has 0 radical (unpaired) electrons. The minimum absolute atomic E-state index is 0.0120. The Kier molecular flexibility index (Phi) is 8.33. The molecule has 6 aromatic carbocycles. The van der Waals surface area contributed by atoms with E-state index in [9.17, 15) is 0 Å². The van der Waals surface area contributed by atoms with Crippen molar-refractivity contribution in [1.29, 1.82) is 0 Å². The summed E-state index contributed by atoms with van der Waals surface area (Å²) in [6.45, 7) is 31.6. The lowest BCUT2D eigenvalue weighted by molar-refractivity contribution is 0.332. The van der Waals surface area contributed by atoms with Gasteiger partial charge in [-0.1, -0.05) is 126 Å². The van der Waals surface area contributed by atoms with Gasteiger partial charge in [0.15, 0.2) is 5.58 Å². The van der Waals surface area contributed by atoms with Crippen LogP contribution in [0.25, 0.3) is 32.9 Å². The molecular formula is C63H67BN2O2. The van der Waals surface area contributed by atoms with Crippen molar-refractivity contribution in [3.8, 4) is 0 Å². The molecule has 0 fully saturated rings. The average Bonchev–Trinajstić information content (AvgIpc) is 3.86. The first kappa shape index (κ1) is 42.4. The van der Waals surface area contributed by atoms with E-state index >= 15 is 0 Å². The smallest absolute Gasteiger partial charge is 0.257 e. The summed E-state index contributed by atoms with van der Waals surface area (Å²) in [6, 6.07) is 37.9. The molecule has 0 saturated carbocycles. The molecule has 8 aromatic rings. The van der Waals surface area contributed by atoms with Crippen LogP contribution in [0.4, 0.5) is 34.3 Å². The Bertz CT molecular complexity index is 3520. The van der Waals surface area contributed by atoms with E-state index < -0.39 is 0 Å². The van der Waals surface area contributed by atoms with Gasteiger partial charge in [0.1, 0.15) is 11.2 Å². The number of benzene rings is 6. The zero-order chi connectivity index (χ0) is 47.4. The number of rotatable bonds is 2. The Balaban J connectivity index is 1.18. The third-order valence-corrected chi connectivity index (χ3v) is 18.5. The molecule has 4 heterocycles. The van der Waals surface area contributed by atoms with E-state index in [1.165, 1.54) is 84.2 Å². The number of hydrogen-bond acceptors (Lipinski definition) is 4. The summed E-state index contributed by atoms with van der Waals surface area (Å²) in [7, 11) is 0. The van der Waals surface area contributed by atoms with Gasteiger partial charge < -0.3 is 13.7 Å². The molecule has 344 valence electrons. The van der Waals surface area contributed by atoms with Crippen LogP contribution < -0.4 is 26.2 Å². The summed E-state index contributed by atoms with van der Waals surface area (Å²) >= 11 is 0. The van der Waals surface area contributed by atoms with E-state index in [2.05, 4.69) is 197 Å². The second-order valence-corrected chi connectivity index (χ2v) is 25.8. The summed E-state index contributed by atoms with van der Waals surface area (Å²) in [6.07, 6.45) is 6.94. The van der Waals surface area contributed by atoms with Gasteiger partial charge in [-0.25, -0.2) is 0 Å². The maximum absolute atomic E-state index is 7.62. The fraction of sp³-hybridized carbons (Fsp3) is 0.397. The molecule has 0 atom stereocenters. The Morgan fingerprint density at radius 1 is 0.412 bits per heavy atom. The highest BCUT2D eigenvalue weighted by molar-refractivity contribution is 7.01. The van der Waals surface area contributed by atoms with Crippen LogP contribution in [0.3, 0.4) is 0 Å².